The number of carbonyl (C=O) groups is 2. The molecule has 1 aliphatic heterocycles. The number of aryl methyl sites for hydroxylation is 1. The van der Waals surface area contributed by atoms with Gasteiger partial charge in [-0.1, -0.05) is 0 Å². The summed E-state index contributed by atoms with van der Waals surface area (Å²) in [5.74, 6) is -1.18. The minimum Gasteiger partial charge on any atom is -0.354 e. The lowest BCUT2D eigenvalue weighted by Gasteiger charge is -2.25. The summed E-state index contributed by atoms with van der Waals surface area (Å²) in [4.78, 5) is 24.0. The summed E-state index contributed by atoms with van der Waals surface area (Å²) in [5, 5.41) is 16.1. The van der Waals surface area contributed by atoms with Crippen LogP contribution in [0.25, 0.3) is 5.69 Å². The molecule has 0 unspecified atom stereocenters. The van der Waals surface area contributed by atoms with Crippen LogP contribution in [-0.4, -0.2) is 64.4 Å². The first kappa shape index (κ1) is 21.5. The first-order valence-electron chi connectivity index (χ1n) is 9.49. The van der Waals surface area contributed by atoms with Gasteiger partial charge in [0.1, 0.15) is 5.82 Å². The van der Waals surface area contributed by atoms with Gasteiger partial charge >= 0.3 is 0 Å². The number of sulfonamides is 1. The van der Waals surface area contributed by atoms with Crippen LogP contribution < -0.4 is 10.6 Å². The Morgan fingerprint density at radius 1 is 1.19 bits per heavy atom. The van der Waals surface area contributed by atoms with Gasteiger partial charge in [0, 0.05) is 18.7 Å². The number of hydrogen-bond donors (Lipinski definition) is 2. The number of halogens is 1. The average Bonchev–Trinajstić information content (AvgIpc) is 3.21. The van der Waals surface area contributed by atoms with E-state index in [0.717, 1.165) is 4.31 Å². The van der Waals surface area contributed by atoms with E-state index in [1.165, 1.54) is 47.1 Å². The standard InChI is InChI=1S/C19H18FN7O4S/c1-12-23-24-25-27(12)14-4-7-16(20)17(10-14)22-19(29)13-2-5-15(6-3-13)32(30,31)26-9-8-21-18(28)11-26/h2-7,10H,8-9,11H2,1H3,(H,21,28)(H,22,29). The molecule has 1 aliphatic rings. The maximum absolute atomic E-state index is 14.3. The Bertz CT molecular complexity index is 1290. The molecule has 1 aromatic heterocycles. The van der Waals surface area contributed by atoms with Crippen molar-refractivity contribution in [2.24, 2.45) is 0 Å². The predicted octanol–water partition coefficient (Wildman–Crippen LogP) is 0.483. The number of nitrogens with zero attached hydrogens (tertiary/aromatic N) is 5. The molecular formula is C19H18FN7O4S. The maximum atomic E-state index is 14.3. The highest BCUT2D eigenvalue weighted by molar-refractivity contribution is 7.89. The maximum Gasteiger partial charge on any atom is 0.255 e. The molecule has 0 bridgehead atoms. The monoisotopic (exact) mass is 459 g/mol. The van der Waals surface area contributed by atoms with Gasteiger partial charge in [0.15, 0.2) is 5.82 Å². The molecule has 2 heterocycles. The fourth-order valence-corrected chi connectivity index (χ4v) is 4.55. The number of carbonyl (C=O) groups excluding carboxylic acids is 2. The van der Waals surface area contributed by atoms with E-state index in [9.17, 15) is 22.4 Å². The van der Waals surface area contributed by atoms with Crippen LogP contribution in [0, 0.1) is 12.7 Å². The molecule has 0 saturated carbocycles. The highest BCUT2D eigenvalue weighted by atomic mass is 32.2. The summed E-state index contributed by atoms with van der Waals surface area (Å²) in [5.41, 5.74) is 0.499. The quantitative estimate of drug-likeness (QED) is 0.566. The topological polar surface area (TPSA) is 139 Å². The summed E-state index contributed by atoms with van der Waals surface area (Å²) in [6.45, 7) is 1.80. The Morgan fingerprint density at radius 2 is 1.94 bits per heavy atom. The van der Waals surface area contributed by atoms with Crippen molar-refractivity contribution in [2.75, 3.05) is 25.0 Å². The summed E-state index contributed by atoms with van der Waals surface area (Å²) < 4.78 is 42.1. The van der Waals surface area contributed by atoms with Gasteiger partial charge in [-0.05, 0) is 59.8 Å². The Labute approximate surface area is 182 Å². The van der Waals surface area contributed by atoms with E-state index in [-0.39, 0.29) is 41.7 Å². The van der Waals surface area contributed by atoms with Gasteiger partial charge in [0.2, 0.25) is 15.9 Å². The highest BCUT2D eigenvalue weighted by Crippen LogP contribution is 2.21. The van der Waals surface area contributed by atoms with E-state index in [0.29, 0.717) is 11.5 Å². The third kappa shape index (κ3) is 4.20. The molecule has 0 spiro atoms. The molecule has 2 aromatic carbocycles. The molecule has 13 heteroatoms. The van der Waals surface area contributed by atoms with Crippen molar-refractivity contribution in [2.45, 2.75) is 11.8 Å². The van der Waals surface area contributed by atoms with Crippen LogP contribution in [0.4, 0.5) is 10.1 Å². The Hall–Kier alpha value is -3.71. The molecule has 0 atom stereocenters. The first-order valence-corrected chi connectivity index (χ1v) is 10.9. The van der Waals surface area contributed by atoms with Crippen LogP contribution in [0.2, 0.25) is 0 Å². The second kappa shape index (κ2) is 8.43. The Morgan fingerprint density at radius 3 is 2.59 bits per heavy atom. The molecule has 4 rings (SSSR count). The lowest BCUT2D eigenvalue weighted by atomic mass is 10.2. The van der Waals surface area contributed by atoms with E-state index in [2.05, 4.69) is 26.2 Å². The van der Waals surface area contributed by atoms with Gasteiger partial charge in [0.05, 0.1) is 22.8 Å². The smallest absolute Gasteiger partial charge is 0.255 e. The van der Waals surface area contributed by atoms with Crippen molar-refractivity contribution in [3.05, 3.63) is 59.7 Å². The van der Waals surface area contributed by atoms with Crippen LogP contribution in [0.1, 0.15) is 16.2 Å². The summed E-state index contributed by atoms with van der Waals surface area (Å²) in [6, 6.07) is 9.21. The van der Waals surface area contributed by atoms with Crippen LogP contribution in [0.3, 0.4) is 0 Å². The number of aromatic nitrogens is 4. The summed E-state index contributed by atoms with van der Waals surface area (Å²) in [7, 11) is -3.88. The van der Waals surface area contributed by atoms with Gasteiger partial charge < -0.3 is 10.6 Å². The van der Waals surface area contributed by atoms with E-state index in [4.69, 9.17) is 0 Å². The number of piperazine rings is 1. The number of amides is 2. The van der Waals surface area contributed by atoms with Crippen molar-refractivity contribution in [3.8, 4) is 5.69 Å². The van der Waals surface area contributed by atoms with E-state index in [1.54, 1.807) is 6.92 Å². The Balaban J connectivity index is 1.52. The fourth-order valence-electron chi connectivity index (χ4n) is 3.15. The second-order valence-corrected chi connectivity index (χ2v) is 8.91. The van der Waals surface area contributed by atoms with Crippen molar-refractivity contribution < 1.29 is 22.4 Å². The van der Waals surface area contributed by atoms with Crippen molar-refractivity contribution in [3.63, 3.8) is 0 Å². The normalized spacial score (nSPS) is 14.8. The minimum atomic E-state index is -3.88. The molecule has 2 amide bonds. The molecular weight excluding hydrogens is 441 g/mol. The molecule has 3 aromatic rings. The molecule has 32 heavy (non-hydrogen) atoms. The van der Waals surface area contributed by atoms with Gasteiger partial charge in [-0.3, -0.25) is 9.59 Å². The van der Waals surface area contributed by atoms with Gasteiger partial charge in [0.25, 0.3) is 5.91 Å². The van der Waals surface area contributed by atoms with Crippen LogP contribution in [0.5, 0.6) is 0 Å². The fraction of sp³-hybridized carbons (Fsp3) is 0.211. The van der Waals surface area contributed by atoms with Gasteiger partial charge in [-0.15, -0.1) is 5.10 Å². The zero-order valence-corrected chi connectivity index (χ0v) is 17.6. The molecule has 1 saturated heterocycles. The third-order valence-electron chi connectivity index (χ3n) is 4.83. The third-order valence-corrected chi connectivity index (χ3v) is 6.69. The van der Waals surface area contributed by atoms with Crippen molar-refractivity contribution >= 4 is 27.5 Å². The van der Waals surface area contributed by atoms with E-state index < -0.39 is 21.7 Å². The van der Waals surface area contributed by atoms with Crippen molar-refractivity contribution in [1.29, 1.82) is 0 Å². The predicted molar refractivity (Wildman–Crippen MR) is 110 cm³/mol. The van der Waals surface area contributed by atoms with Crippen LogP contribution >= 0.6 is 0 Å². The minimum absolute atomic E-state index is 0.0499. The number of tetrazole rings is 1. The SMILES string of the molecule is Cc1nnnn1-c1ccc(F)c(NC(=O)c2ccc(S(=O)(=O)N3CCNC(=O)C3)cc2)c1. The number of benzene rings is 2. The second-order valence-electron chi connectivity index (χ2n) is 6.97. The number of rotatable bonds is 5. The average molecular weight is 459 g/mol. The van der Waals surface area contributed by atoms with E-state index >= 15 is 0 Å². The highest BCUT2D eigenvalue weighted by Gasteiger charge is 2.29. The summed E-state index contributed by atoms with van der Waals surface area (Å²) >= 11 is 0. The zero-order chi connectivity index (χ0) is 22.9. The van der Waals surface area contributed by atoms with Gasteiger partial charge in [-0.2, -0.15) is 8.99 Å². The summed E-state index contributed by atoms with van der Waals surface area (Å²) in [6.07, 6.45) is 0. The lowest BCUT2D eigenvalue weighted by molar-refractivity contribution is -0.122. The Kier molecular flexibility index (Phi) is 5.67. The van der Waals surface area contributed by atoms with Crippen LogP contribution in [-0.2, 0) is 14.8 Å². The largest absolute Gasteiger partial charge is 0.354 e. The first-order chi connectivity index (χ1) is 15.3. The number of anilines is 1. The molecule has 11 nitrogen and oxygen atoms in total. The number of nitrogens with one attached hydrogen (secondary N) is 2. The van der Waals surface area contributed by atoms with Crippen LogP contribution in [0.15, 0.2) is 47.4 Å². The van der Waals surface area contributed by atoms with E-state index in [1.807, 2.05) is 0 Å². The molecule has 2 N–H and O–H groups in total. The molecule has 1 fully saturated rings. The molecule has 0 radical (unpaired) electrons. The number of hydrogen-bond acceptors (Lipinski definition) is 7. The van der Waals surface area contributed by atoms with Gasteiger partial charge in [-0.25, -0.2) is 12.8 Å². The van der Waals surface area contributed by atoms with Crippen molar-refractivity contribution in [1.82, 2.24) is 29.8 Å². The molecule has 0 aliphatic carbocycles. The lowest BCUT2D eigenvalue weighted by Crippen LogP contribution is -2.49. The zero-order valence-electron chi connectivity index (χ0n) is 16.8. The molecule has 166 valence electrons.